The molecular weight excluding hydrogens is 274 g/mol. The van der Waals surface area contributed by atoms with Gasteiger partial charge in [-0.3, -0.25) is 9.59 Å². The molecule has 1 rings (SSSR count). The van der Waals surface area contributed by atoms with E-state index in [1.54, 1.807) is 32.0 Å². The van der Waals surface area contributed by atoms with Gasteiger partial charge in [-0.1, -0.05) is 6.07 Å². The summed E-state index contributed by atoms with van der Waals surface area (Å²) >= 11 is 0. The molecule has 114 valence electrons. The van der Waals surface area contributed by atoms with Gasteiger partial charge in [0.05, 0.1) is 13.3 Å². The van der Waals surface area contributed by atoms with Crippen molar-refractivity contribution in [1.29, 1.82) is 0 Å². The van der Waals surface area contributed by atoms with Crippen molar-refractivity contribution in [3.63, 3.8) is 0 Å². The maximum absolute atomic E-state index is 11.5. The molecule has 0 aliphatic carbocycles. The lowest BCUT2D eigenvalue weighted by Gasteiger charge is -2.07. The third kappa shape index (κ3) is 5.52. The van der Waals surface area contributed by atoms with Crippen LogP contribution in [-0.4, -0.2) is 36.3 Å². The molecule has 0 fully saturated rings. The monoisotopic (exact) mass is 293 g/mol. The van der Waals surface area contributed by atoms with Gasteiger partial charge in [0.15, 0.2) is 11.5 Å². The maximum Gasteiger partial charge on any atom is 0.249 e. The molecule has 0 aliphatic heterocycles. The normalized spacial score (nSPS) is 10.7. The second kappa shape index (κ2) is 7.88. The summed E-state index contributed by atoms with van der Waals surface area (Å²) in [6.07, 6.45) is 0.968. The average molecular weight is 293 g/mol. The SMILES string of the molecule is COc1cccc(/C=N\NC(=O)CC(=O)NC(C)C)c1O. The second-order valence-electron chi connectivity index (χ2n) is 4.59. The van der Waals surface area contributed by atoms with Crippen LogP contribution in [0, 0.1) is 0 Å². The van der Waals surface area contributed by atoms with Gasteiger partial charge in [0.1, 0.15) is 6.42 Å². The number of rotatable bonds is 6. The molecule has 1 aromatic carbocycles. The second-order valence-corrected chi connectivity index (χ2v) is 4.59. The number of hydrogen-bond acceptors (Lipinski definition) is 5. The minimum Gasteiger partial charge on any atom is -0.504 e. The molecule has 0 spiro atoms. The Hall–Kier alpha value is -2.57. The van der Waals surface area contributed by atoms with Crippen LogP contribution in [0.3, 0.4) is 0 Å². The highest BCUT2D eigenvalue weighted by Gasteiger charge is 2.09. The number of para-hydroxylation sites is 1. The molecule has 3 N–H and O–H groups in total. The van der Waals surface area contributed by atoms with E-state index in [9.17, 15) is 14.7 Å². The Morgan fingerprint density at radius 1 is 1.38 bits per heavy atom. The van der Waals surface area contributed by atoms with Crippen LogP contribution in [0.5, 0.6) is 11.5 Å². The predicted molar refractivity (Wildman–Crippen MR) is 78.3 cm³/mol. The van der Waals surface area contributed by atoms with E-state index in [1.165, 1.54) is 13.3 Å². The van der Waals surface area contributed by atoms with Gasteiger partial charge >= 0.3 is 0 Å². The largest absolute Gasteiger partial charge is 0.504 e. The Morgan fingerprint density at radius 2 is 2.10 bits per heavy atom. The van der Waals surface area contributed by atoms with Crippen LogP contribution in [-0.2, 0) is 9.59 Å². The highest BCUT2D eigenvalue weighted by atomic mass is 16.5. The van der Waals surface area contributed by atoms with E-state index in [0.29, 0.717) is 11.3 Å². The molecule has 21 heavy (non-hydrogen) atoms. The Bertz CT molecular complexity index is 541. The number of carbonyl (C=O) groups is 2. The number of hydrogen-bond donors (Lipinski definition) is 3. The number of amides is 2. The van der Waals surface area contributed by atoms with Crippen LogP contribution >= 0.6 is 0 Å². The number of phenolic OH excluding ortho intramolecular Hbond substituents is 1. The van der Waals surface area contributed by atoms with Crippen LogP contribution in [0.1, 0.15) is 25.8 Å². The van der Waals surface area contributed by atoms with E-state index in [0.717, 1.165) is 0 Å². The smallest absolute Gasteiger partial charge is 0.249 e. The highest BCUT2D eigenvalue weighted by molar-refractivity contribution is 5.97. The Labute approximate surface area is 123 Å². The molecule has 0 unspecified atom stereocenters. The summed E-state index contributed by atoms with van der Waals surface area (Å²) < 4.78 is 4.95. The fraction of sp³-hybridized carbons (Fsp3) is 0.357. The summed E-state index contributed by atoms with van der Waals surface area (Å²) in [4.78, 5) is 22.8. The topological polar surface area (TPSA) is 100 Å². The molecule has 7 heteroatoms. The zero-order valence-electron chi connectivity index (χ0n) is 12.2. The van der Waals surface area contributed by atoms with E-state index < -0.39 is 5.91 Å². The Balaban J connectivity index is 2.55. The zero-order chi connectivity index (χ0) is 15.8. The number of nitrogens with zero attached hydrogens (tertiary/aromatic N) is 1. The van der Waals surface area contributed by atoms with Crippen molar-refractivity contribution in [2.24, 2.45) is 5.10 Å². The molecule has 0 aromatic heterocycles. The van der Waals surface area contributed by atoms with Gasteiger partial charge in [0.25, 0.3) is 0 Å². The molecule has 2 amide bonds. The van der Waals surface area contributed by atoms with Crippen LogP contribution < -0.4 is 15.5 Å². The van der Waals surface area contributed by atoms with Gasteiger partial charge in [-0.05, 0) is 26.0 Å². The number of aromatic hydroxyl groups is 1. The lowest BCUT2D eigenvalue weighted by Crippen LogP contribution is -2.34. The van der Waals surface area contributed by atoms with E-state index >= 15 is 0 Å². The summed E-state index contributed by atoms with van der Waals surface area (Å²) in [6.45, 7) is 3.61. The van der Waals surface area contributed by atoms with Crippen molar-refractivity contribution in [2.45, 2.75) is 26.3 Å². The fourth-order valence-corrected chi connectivity index (χ4v) is 1.54. The predicted octanol–water partition coefficient (Wildman–Crippen LogP) is 0.766. The first-order chi connectivity index (χ1) is 9.93. The van der Waals surface area contributed by atoms with Gasteiger partial charge < -0.3 is 15.2 Å². The van der Waals surface area contributed by atoms with Gasteiger partial charge in [0, 0.05) is 11.6 Å². The Morgan fingerprint density at radius 3 is 2.71 bits per heavy atom. The highest BCUT2D eigenvalue weighted by Crippen LogP contribution is 2.27. The zero-order valence-corrected chi connectivity index (χ0v) is 12.2. The quantitative estimate of drug-likeness (QED) is 0.409. The number of carbonyl (C=O) groups excluding carboxylic acids is 2. The summed E-state index contributed by atoms with van der Waals surface area (Å²) in [6, 6.07) is 4.86. The first-order valence-electron chi connectivity index (χ1n) is 6.41. The van der Waals surface area contributed by atoms with Gasteiger partial charge in [-0.25, -0.2) is 5.43 Å². The molecule has 0 radical (unpaired) electrons. The van der Waals surface area contributed by atoms with Crippen molar-refractivity contribution in [3.8, 4) is 11.5 Å². The summed E-state index contributed by atoms with van der Waals surface area (Å²) in [5.41, 5.74) is 2.61. The number of hydrazone groups is 1. The molecule has 1 aromatic rings. The minimum absolute atomic E-state index is 0.0254. The van der Waals surface area contributed by atoms with Crippen molar-refractivity contribution in [3.05, 3.63) is 23.8 Å². The average Bonchev–Trinajstić information content (AvgIpc) is 2.39. The Kier molecular flexibility index (Phi) is 6.19. The standard InChI is InChI=1S/C14H19N3O4/c1-9(2)16-12(18)7-13(19)17-15-8-10-5-4-6-11(21-3)14(10)20/h4-6,8-9,20H,7H2,1-3H3,(H,16,18)(H,17,19)/b15-8-. The number of methoxy groups -OCH3 is 1. The van der Waals surface area contributed by atoms with Gasteiger partial charge in [-0.2, -0.15) is 5.10 Å². The molecule has 7 nitrogen and oxygen atoms in total. The van der Waals surface area contributed by atoms with Crippen molar-refractivity contribution >= 4 is 18.0 Å². The number of nitrogens with one attached hydrogen (secondary N) is 2. The minimum atomic E-state index is -0.535. The summed E-state index contributed by atoms with van der Waals surface area (Å²) in [5, 5.41) is 16.1. The third-order valence-electron chi connectivity index (χ3n) is 2.41. The third-order valence-corrected chi connectivity index (χ3v) is 2.41. The van der Waals surface area contributed by atoms with Crippen LogP contribution in [0.4, 0.5) is 0 Å². The van der Waals surface area contributed by atoms with E-state index in [1.807, 2.05) is 0 Å². The van der Waals surface area contributed by atoms with E-state index in [-0.39, 0.29) is 24.1 Å². The number of phenols is 1. The fourth-order valence-electron chi connectivity index (χ4n) is 1.54. The lowest BCUT2D eigenvalue weighted by atomic mass is 10.2. The van der Waals surface area contributed by atoms with Crippen LogP contribution in [0.15, 0.2) is 23.3 Å². The van der Waals surface area contributed by atoms with Gasteiger partial charge in [-0.15, -0.1) is 0 Å². The van der Waals surface area contributed by atoms with Crippen LogP contribution in [0.2, 0.25) is 0 Å². The molecule has 0 saturated carbocycles. The van der Waals surface area contributed by atoms with Crippen molar-refractivity contribution in [1.82, 2.24) is 10.7 Å². The van der Waals surface area contributed by atoms with E-state index in [4.69, 9.17) is 4.74 Å². The van der Waals surface area contributed by atoms with E-state index in [2.05, 4.69) is 15.8 Å². The maximum atomic E-state index is 11.5. The summed E-state index contributed by atoms with van der Waals surface area (Å²) in [5.74, 6) is -0.675. The van der Waals surface area contributed by atoms with Crippen molar-refractivity contribution in [2.75, 3.05) is 7.11 Å². The molecule has 0 bridgehead atoms. The molecule has 0 atom stereocenters. The van der Waals surface area contributed by atoms with Gasteiger partial charge in [0.2, 0.25) is 11.8 Å². The molecule has 0 heterocycles. The molecule has 0 saturated heterocycles. The van der Waals surface area contributed by atoms with Crippen molar-refractivity contribution < 1.29 is 19.4 Å². The number of ether oxygens (including phenoxy) is 1. The number of benzene rings is 1. The molecule has 0 aliphatic rings. The lowest BCUT2D eigenvalue weighted by molar-refractivity contribution is -0.129. The first-order valence-corrected chi connectivity index (χ1v) is 6.41. The summed E-state index contributed by atoms with van der Waals surface area (Å²) in [7, 11) is 1.44. The molecular formula is C14H19N3O4. The van der Waals surface area contributed by atoms with Crippen LogP contribution in [0.25, 0.3) is 0 Å². The first kappa shape index (κ1) is 16.5.